The van der Waals surface area contributed by atoms with Crippen molar-refractivity contribution in [3.63, 3.8) is 0 Å². The van der Waals surface area contributed by atoms with Crippen molar-refractivity contribution in [1.82, 2.24) is 5.32 Å². The summed E-state index contributed by atoms with van der Waals surface area (Å²) in [5.41, 5.74) is 0.545. The third kappa shape index (κ3) is 4.55. The molecule has 0 aromatic heterocycles. The number of hydrogen-bond acceptors (Lipinski definition) is 3. The smallest absolute Gasteiger partial charge is 0.223 e. The SMILES string of the molecule is CC(C)NC(=O)CCOc1cccc(Cl)c1CO. The maximum Gasteiger partial charge on any atom is 0.223 e. The Morgan fingerprint density at radius 2 is 2.22 bits per heavy atom. The molecule has 100 valence electrons. The fourth-order valence-electron chi connectivity index (χ4n) is 1.48. The largest absolute Gasteiger partial charge is 0.493 e. The number of halogens is 1. The van der Waals surface area contributed by atoms with Gasteiger partial charge in [0.05, 0.1) is 19.6 Å². The minimum Gasteiger partial charge on any atom is -0.493 e. The van der Waals surface area contributed by atoms with Crippen LogP contribution in [-0.4, -0.2) is 23.7 Å². The van der Waals surface area contributed by atoms with Crippen LogP contribution in [-0.2, 0) is 11.4 Å². The van der Waals surface area contributed by atoms with Crippen molar-refractivity contribution in [3.8, 4) is 5.75 Å². The second-order valence-electron chi connectivity index (χ2n) is 4.20. The molecule has 0 aliphatic rings. The molecule has 0 spiro atoms. The average Bonchev–Trinajstić information content (AvgIpc) is 2.28. The first-order valence-electron chi connectivity index (χ1n) is 5.85. The van der Waals surface area contributed by atoms with Crippen LogP contribution in [0.1, 0.15) is 25.8 Å². The highest BCUT2D eigenvalue weighted by Crippen LogP contribution is 2.26. The van der Waals surface area contributed by atoms with Crippen LogP contribution in [0.2, 0.25) is 5.02 Å². The average molecular weight is 272 g/mol. The molecule has 5 heteroatoms. The molecule has 1 aromatic rings. The monoisotopic (exact) mass is 271 g/mol. The summed E-state index contributed by atoms with van der Waals surface area (Å²) in [6.07, 6.45) is 0.273. The zero-order chi connectivity index (χ0) is 13.5. The van der Waals surface area contributed by atoms with Crippen LogP contribution < -0.4 is 10.1 Å². The van der Waals surface area contributed by atoms with Crippen LogP contribution in [0.3, 0.4) is 0 Å². The summed E-state index contributed by atoms with van der Waals surface area (Å²) in [6, 6.07) is 5.27. The zero-order valence-corrected chi connectivity index (χ0v) is 11.3. The van der Waals surface area contributed by atoms with Gasteiger partial charge in [-0.05, 0) is 26.0 Å². The summed E-state index contributed by atoms with van der Waals surface area (Å²) in [4.78, 5) is 11.4. The molecule has 0 saturated carbocycles. The summed E-state index contributed by atoms with van der Waals surface area (Å²) < 4.78 is 5.46. The van der Waals surface area contributed by atoms with Crippen LogP contribution in [0.25, 0.3) is 0 Å². The third-order valence-corrected chi connectivity index (χ3v) is 2.62. The second-order valence-corrected chi connectivity index (χ2v) is 4.60. The predicted octanol–water partition coefficient (Wildman–Crippen LogP) is 2.13. The molecule has 0 heterocycles. The molecule has 1 rings (SSSR count). The number of aliphatic hydroxyl groups excluding tert-OH is 1. The summed E-state index contributed by atoms with van der Waals surface area (Å²) >= 11 is 5.92. The van der Waals surface area contributed by atoms with E-state index in [1.54, 1.807) is 18.2 Å². The zero-order valence-electron chi connectivity index (χ0n) is 10.6. The summed E-state index contributed by atoms with van der Waals surface area (Å²) in [6.45, 7) is 3.87. The number of rotatable bonds is 6. The lowest BCUT2D eigenvalue weighted by atomic mass is 10.2. The maximum atomic E-state index is 11.4. The van der Waals surface area contributed by atoms with E-state index in [1.807, 2.05) is 13.8 Å². The normalized spacial score (nSPS) is 10.5. The Morgan fingerprint density at radius 1 is 1.50 bits per heavy atom. The molecule has 0 unspecified atom stereocenters. The lowest BCUT2D eigenvalue weighted by Crippen LogP contribution is -2.31. The molecule has 0 fully saturated rings. The number of carbonyl (C=O) groups is 1. The van der Waals surface area contributed by atoms with Crippen molar-refractivity contribution in [1.29, 1.82) is 0 Å². The topological polar surface area (TPSA) is 58.6 Å². The van der Waals surface area contributed by atoms with Gasteiger partial charge in [0.15, 0.2) is 0 Å². The fraction of sp³-hybridized carbons (Fsp3) is 0.462. The minimum atomic E-state index is -0.187. The number of amides is 1. The van der Waals surface area contributed by atoms with E-state index < -0.39 is 0 Å². The first-order valence-corrected chi connectivity index (χ1v) is 6.22. The van der Waals surface area contributed by atoms with Crippen LogP contribution in [0.4, 0.5) is 0 Å². The van der Waals surface area contributed by atoms with Crippen molar-refractivity contribution in [2.75, 3.05) is 6.61 Å². The molecule has 1 amide bonds. The van der Waals surface area contributed by atoms with Gasteiger partial charge in [0.25, 0.3) is 0 Å². The van der Waals surface area contributed by atoms with Crippen molar-refractivity contribution in [2.45, 2.75) is 32.9 Å². The van der Waals surface area contributed by atoms with Gasteiger partial charge < -0.3 is 15.2 Å². The number of ether oxygens (including phenoxy) is 1. The van der Waals surface area contributed by atoms with Gasteiger partial charge in [0.2, 0.25) is 5.91 Å². The summed E-state index contributed by atoms with van der Waals surface area (Å²) in [7, 11) is 0. The molecule has 0 bridgehead atoms. The second kappa shape index (κ2) is 7.24. The molecule has 4 nitrogen and oxygen atoms in total. The molecule has 0 atom stereocenters. The summed E-state index contributed by atoms with van der Waals surface area (Å²) in [5, 5.41) is 12.4. The van der Waals surface area contributed by atoms with E-state index >= 15 is 0 Å². The van der Waals surface area contributed by atoms with Crippen molar-refractivity contribution >= 4 is 17.5 Å². The fourth-order valence-corrected chi connectivity index (χ4v) is 1.70. The number of hydrogen-bond donors (Lipinski definition) is 2. The highest BCUT2D eigenvalue weighted by Gasteiger charge is 2.08. The molecule has 1 aromatic carbocycles. The molecule has 0 aliphatic carbocycles. The first kappa shape index (κ1) is 14.8. The van der Waals surface area contributed by atoms with E-state index in [0.717, 1.165) is 0 Å². The molecule has 0 radical (unpaired) electrons. The van der Waals surface area contributed by atoms with Gasteiger partial charge in [-0.25, -0.2) is 0 Å². The van der Waals surface area contributed by atoms with Crippen LogP contribution in [0.15, 0.2) is 18.2 Å². The highest BCUT2D eigenvalue weighted by molar-refractivity contribution is 6.31. The van der Waals surface area contributed by atoms with Crippen molar-refractivity contribution in [3.05, 3.63) is 28.8 Å². The van der Waals surface area contributed by atoms with Gasteiger partial charge in [-0.2, -0.15) is 0 Å². The van der Waals surface area contributed by atoms with Gasteiger partial charge in [-0.1, -0.05) is 17.7 Å². The molecule has 0 aliphatic heterocycles. The first-order chi connectivity index (χ1) is 8.54. The van der Waals surface area contributed by atoms with Crippen molar-refractivity contribution in [2.24, 2.45) is 0 Å². The molecular formula is C13H18ClNO3. The summed E-state index contributed by atoms with van der Waals surface area (Å²) in [5.74, 6) is 0.458. The molecular weight excluding hydrogens is 254 g/mol. The van der Waals surface area contributed by atoms with Crippen LogP contribution in [0, 0.1) is 0 Å². The quantitative estimate of drug-likeness (QED) is 0.833. The van der Waals surface area contributed by atoms with E-state index in [1.165, 1.54) is 0 Å². The Morgan fingerprint density at radius 3 is 2.83 bits per heavy atom. The lowest BCUT2D eigenvalue weighted by molar-refractivity contribution is -0.122. The Kier molecular flexibility index (Phi) is 5.95. The van der Waals surface area contributed by atoms with E-state index in [-0.39, 0.29) is 31.6 Å². The number of aliphatic hydroxyl groups is 1. The molecule has 18 heavy (non-hydrogen) atoms. The molecule has 2 N–H and O–H groups in total. The van der Waals surface area contributed by atoms with Gasteiger partial charge in [0, 0.05) is 16.6 Å². The van der Waals surface area contributed by atoms with E-state index in [0.29, 0.717) is 16.3 Å². The lowest BCUT2D eigenvalue weighted by Gasteiger charge is -2.12. The Bertz CT molecular complexity index is 407. The van der Waals surface area contributed by atoms with Gasteiger partial charge in [-0.3, -0.25) is 4.79 Å². The van der Waals surface area contributed by atoms with Gasteiger partial charge >= 0.3 is 0 Å². The Balaban J connectivity index is 2.49. The standard InChI is InChI=1S/C13H18ClNO3/c1-9(2)15-13(17)6-7-18-12-5-3-4-11(14)10(12)8-16/h3-5,9,16H,6-8H2,1-2H3,(H,15,17). The third-order valence-electron chi connectivity index (χ3n) is 2.27. The predicted molar refractivity (Wildman–Crippen MR) is 70.8 cm³/mol. The van der Waals surface area contributed by atoms with Crippen molar-refractivity contribution < 1.29 is 14.6 Å². The number of benzene rings is 1. The number of carbonyl (C=O) groups excluding carboxylic acids is 1. The Labute approximate surface area is 112 Å². The molecule has 0 saturated heterocycles. The van der Waals surface area contributed by atoms with E-state index in [9.17, 15) is 9.90 Å². The van der Waals surface area contributed by atoms with Crippen LogP contribution in [0.5, 0.6) is 5.75 Å². The van der Waals surface area contributed by atoms with Gasteiger partial charge in [-0.15, -0.1) is 0 Å². The van der Waals surface area contributed by atoms with Crippen LogP contribution >= 0.6 is 11.6 Å². The van der Waals surface area contributed by atoms with Gasteiger partial charge in [0.1, 0.15) is 5.75 Å². The maximum absolute atomic E-state index is 11.4. The van der Waals surface area contributed by atoms with E-state index in [4.69, 9.17) is 16.3 Å². The highest BCUT2D eigenvalue weighted by atomic mass is 35.5. The Hall–Kier alpha value is -1.26. The van der Waals surface area contributed by atoms with E-state index in [2.05, 4.69) is 5.32 Å². The number of nitrogens with one attached hydrogen (secondary N) is 1. The minimum absolute atomic E-state index is 0.0578.